The van der Waals surface area contributed by atoms with E-state index in [2.05, 4.69) is 18.9 Å². The molecule has 0 aliphatic carbocycles. The van der Waals surface area contributed by atoms with Crippen LogP contribution in [0.4, 0.5) is 0 Å². The number of nitrogens with two attached hydrogens (primary N) is 1. The molecular weight excluding hydrogens is 160 g/mol. The van der Waals surface area contributed by atoms with E-state index in [0.29, 0.717) is 0 Å². The Morgan fingerprint density at radius 3 is 2.38 bits per heavy atom. The number of nitrogens with zero attached hydrogens (tertiary/aromatic N) is 1. The Hall–Kier alpha value is -0.0800. The Balaban J connectivity index is 2.22. The molecule has 0 aromatic carbocycles. The molecule has 2 heteroatoms. The molecule has 0 saturated carbocycles. The minimum atomic E-state index is 0.168. The van der Waals surface area contributed by atoms with Crippen molar-refractivity contribution in [2.45, 2.75) is 51.0 Å². The van der Waals surface area contributed by atoms with Crippen molar-refractivity contribution < 1.29 is 0 Å². The summed E-state index contributed by atoms with van der Waals surface area (Å²) >= 11 is 0. The average molecular weight is 184 g/mol. The number of likely N-dealkylation sites (tertiary alicyclic amines) is 1. The van der Waals surface area contributed by atoms with Crippen LogP contribution in [0, 0.1) is 0 Å². The lowest BCUT2D eigenvalue weighted by atomic mass is 9.84. The molecule has 13 heavy (non-hydrogen) atoms. The molecular formula is C11H24N2. The van der Waals surface area contributed by atoms with Crippen molar-refractivity contribution in [3.05, 3.63) is 0 Å². The molecule has 1 heterocycles. The first-order chi connectivity index (χ1) is 6.16. The fourth-order valence-electron chi connectivity index (χ4n) is 2.04. The topological polar surface area (TPSA) is 29.3 Å². The minimum Gasteiger partial charge on any atom is -0.325 e. The van der Waals surface area contributed by atoms with Gasteiger partial charge in [0.05, 0.1) is 0 Å². The molecule has 0 unspecified atom stereocenters. The molecule has 0 spiro atoms. The molecule has 0 aromatic heterocycles. The van der Waals surface area contributed by atoms with Gasteiger partial charge in [0.25, 0.3) is 0 Å². The summed E-state index contributed by atoms with van der Waals surface area (Å²) in [5.41, 5.74) is 6.50. The Bertz CT molecular complexity index is 137. The second-order valence-electron chi connectivity index (χ2n) is 4.62. The van der Waals surface area contributed by atoms with Crippen LogP contribution in [-0.4, -0.2) is 30.6 Å². The molecule has 2 N–H and O–H groups in total. The van der Waals surface area contributed by atoms with Gasteiger partial charge in [0.1, 0.15) is 0 Å². The first kappa shape index (κ1) is 11.0. The van der Waals surface area contributed by atoms with Gasteiger partial charge in [-0.2, -0.15) is 0 Å². The quantitative estimate of drug-likeness (QED) is 0.677. The predicted octanol–water partition coefficient (Wildman–Crippen LogP) is 1.99. The lowest BCUT2D eigenvalue weighted by Crippen LogP contribution is -2.49. The van der Waals surface area contributed by atoms with Crippen LogP contribution in [0.3, 0.4) is 0 Å². The van der Waals surface area contributed by atoms with Crippen molar-refractivity contribution in [1.82, 2.24) is 4.90 Å². The van der Waals surface area contributed by atoms with Crippen molar-refractivity contribution >= 4 is 0 Å². The Morgan fingerprint density at radius 1 is 1.23 bits per heavy atom. The van der Waals surface area contributed by atoms with E-state index in [4.69, 9.17) is 5.73 Å². The van der Waals surface area contributed by atoms with E-state index < -0.39 is 0 Å². The van der Waals surface area contributed by atoms with Crippen molar-refractivity contribution in [3.8, 4) is 0 Å². The molecule has 1 rings (SSSR count). The van der Waals surface area contributed by atoms with Gasteiger partial charge < -0.3 is 10.6 Å². The lowest BCUT2D eigenvalue weighted by Gasteiger charge is -2.37. The summed E-state index contributed by atoms with van der Waals surface area (Å²) in [5, 5.41) is 0. The SMILES string of the molecule is CCCCCC1(N)CCN(C)CC1. The highest BCUT2D eigenvalue weighted by Crippen LogP contribution is 2.24. The maximum absolute atomic E-state index is 6.34. The van der Waals surface area contributed by atoms with Crippen LogP contribution in [0.5, 0.6) is 0 Å². The van der Waals surface area contributed by atoms with Gasteiger partial charge in [-0.3, -0.25) is 0 Å². The van der Waals surface area contributed by atoms with E-state index in [1.54, 1.807) is 0 Å². The van der Waals surface area contributed by atoms with Gasteiger partial charge in [-0.15, -0.1) is 0 Å². The third-order valence-electron chi connectivity index (χ3n) is 3.26. The van der Waals surface area contributed by atoms with E-state index in [1.165, 1.54) is 51.6 Å². The maximum atomic E-state index is 6.34. The summed E-state index contributed by atoms with van der Waals surface area (Å²) in [6.45, 7) is 4.61. The average Bonchev–Trinajstić information content (AvgIpc) is 2.12. The highest BCUT2D eigenvalue weighted by molar-refractivity contribution is 4.89. The molecule has 1 aliphatic heterocycles. The van der Waals surface area contributed by atoms with Gasteiger partial charge in [-0.25, -0.2) is 0 Å². The zero-order valence-corrected chi connectivity index (χ0v) is 9.18. The fraction of sp³-hybridized carbons (Fsp3) is 1.00. The summed E-state index contributed by atoms with van der Waals surface area (Å²) in [6.07, 6.45) is 7.57. The monoisotopic (exact) mass is 184 g/mol. The van der Waals surface area contributed by atoms with Crippen molar-refractivity contribution in [1.29, 1.82) is 0 Å². The zero-order chi connectivity index (χ0) is 9.73. The van der Waals surface area contributed by atoms with Crippen LogP contribution in [0.1, 0.15) is 45.4 Å². The zero-order valence-electron chi connectivity index (χ0n) is 9.18. The molecule has 2 nitrogen and oxygen atoms in total. The largest absolute Gasteiger partial charge is 0.325 e. The van der Waals surface area contributed by atoms with E-state index >= 15 is 0 Å². The molecule has 0 bridgehead atoms. The first-order valence-electron chi connectivity index (χ1n) is 5.64. The van der Waals surface area contributed by atoms with E-state index in [1.807, 2.05) is 0 Å². The Kier molecular flexibility index (Phi) is 4.20. The van der Waals surface area contributed by atoms with Crippen LogP contribution in [-0.2, 0) is 0 Å². The number of hydrogen-bond acceptors (Lipinski definition) is 2. The molecule has 0 radical (unpaired) electrons. The van der Waals surface area contributed by atoms with Gasteiger partial charge in [-0.1, -0.05) is 26.2 Å². The Labute approximate surface area is 82.5 Å². The van der Waals surface area contributed by atoms with Crippen LogP contribution in [0.25, 0.3) is 0 Å². The molecule has 0 aromatic rings. The second kappa shape index (κ2) is 4.97. The predicted molar refractivity (Wildman–Crippen MR) is 57.8 cm³/mol. The smallest absolute Gasteiger partial charge is 0.0178 e. The van der Waals surface area contributed by atoms with Gasteiger partial charge in [0.2, 0.25) is 0 Å². The molecule has 1 fully saturated rings. The first-order valence-corrected chi connectivity index (χ1v) is 5.64. The van der Waals surface area contributed by atoms with Gasteiger partial charge >= 0.3 is 0 Å². The highest BCUT2D eigenvalue weighted by Gasteiger charge is 2.28. The third-order valence-corrected chi connectivity index (χ3v) is 3.26. The molecule has 0 atom stereocenters. The molecule has 1 saturated heterocycles. The van der Waals surface area contributed by atoms with Gasteiger partial charge in [-0.05, 0) is 39.4 Å². The standard InChI is InChI=1S/C11H24N2/c1-3-4-5-6-11(12)7-9-13(2)10-8-11/h3-10,12H2,1-2H3. The van der Waals surface area contributed by atoms with Gasteiger partial charge in [0, 0.05) is 5.54 Å². The summed E-state index contributed by atoms with van der Waals surface area (Å²) in [5.74, 6) is 0. The lowest BCUT2D eigenvalue weighted by molar-refractivity contribution is 0.179. The number of rotatable bonds is 4. The summed E-state index contributed by atoms with van der Waals surface area (Å²) in [7, 11) is 2.19. The highest BCUT2D eigenvalue weighted by atomic mass is 15.1. The summed E-state index contributed by atoms with van der Waals surface area (Å²) < 4.78 is 0. The number of piperidine rings is 1. The fourth-order valence-corrected chi connectivity index (χ4v) is 2.04. The van der Waals surface area contributed by atoms with Crippen LogP contribution >= 0.6 is 0 Å². The van der Waals surface area contributed by atoms with Crippen LogP contribution in [0.2, 0.25) is 0 Å². The second-order valence-corrected chi connectivity index (χ2v) is 4.62. The molecule has 78 valence electrons. The molecule has 0 amide bonds. The normalized spacial score (nSPS) is 23.3. The maximum Gasteiger partial charge on any atom is 0.0178 e. The number of hydrogen-bond donors (Lipinski definition) is 1. The third kappa shape index (κ3) is 3.65. The van der Waals surface area contributed by atoms with Crippen molar-refractivity contribution in [3.63, 3.8) is 0 Å². The number of unbranched alkanes of at least 4 members (excludes halogenated alkanes) is 2. The van der Waals surface area contributed by atoms with Crippen LogP contribution in [0.15, 0.2) is 0 Å². The van der Waals surface area contributed by atoms with Crippen molar-refractivity contribution in [2.75, 3.05) is 20.1 Å². The van der Waals surface area contributed by atoms with E-state index in [-0.39, 0.29) is 5.54 Å². The van der Waals surface area contributed by atoms with Crippen LogP contribution < -0.4 is 5.73 Å². The summed E-state index contributed by atoms with van der Waals surface area (Å²) in [4.78, 5) is 2.38. The summed E-state index contributed by atoms with van der Waals surface area (Å²) in [6, 6.07) is 0. The molecule has 1 aliphatic rings. The minimum absolute atomic E-state index is 0.168. The Morgan fingerprint density at radius 2 is 1.85 bits per heavy atom. The van der Waals surface area contributed by atoms with E-state index in [0.717, 1.165) is 0 Å². The van der Waals surface area contributed by atoms with Gasteiger partial charge in [0.15, 0.2) is 0 Å². The van der Waals surface area contributed by atoms with E-state index in [9.17, 15) is 0 Å². The van der Waals surface area contributed by atoms with Crippen molar-refractivity contribution in [2.24, 2.45) is 5.73 Å².